The second-order valence-corrected chi connectivity index (χ2v) is 6.54. The molecule has 0 unspecified atom stereocenters. The molecule has 1 fully saturated rings. The minimum Gasteiger partial charge on any atom is -0.483 e. The van der Waals surface area contributed by atoms with Crippen LogP contribution in [0.5, 0.6) is 5.75 Å². The second-order valence-electron chi connectivity index (χ2n) is 5.67. The minimum absolute atomic E-state index is 0.0460. The first kappa shape index (κ1) is 15.8. The molecule has 1 aromatic heterocycles. The summed E-state index contributed by atoms with van der Waals surface area (Å²) in [5.74, 6) is 0.837. The number of thiazole rings is 1. The van der Waals surface area contributed by atoms with Crippen molar-refractivity contribution in [3.05, 3.63) is 40.9 Å². The first-order chi connectivity index (χ1) is 11.1. The lowest BCUT2D eigenvalue weighted by atomic mass is 10.1. The van der Waals surface area contributed by atoms with E-state index in [0.717, 1.165) is 29.5 Å². The Morgan fingerprint density at radius 3 is 2.74 bits per heavy atom. The number of aryl methyl sites for hydroxylation is 1. The Morgan fingerprint density at radius 1 is 1.26 bits per heavy atom. The molecule has 5 nitrogen and oxygen atoms in total. The fourth-order valence-corrected chi connectivity index (χ4v) is 3.33. The van der Waals surface area contributed by atoms with Gasteiger partial charge in [0.25, 0.3) is 5.91 Å². The zero-order valence-corrected chi connectivity index (χ0v) is 14.3. The van der Waals surface area contributed by atoms with Crippen LogP contribution in [0.3, 0.4) is 0 Å². The highest BCUT2D eigenvalue weighted by atomic mass is 32.1. The van der Waals surface area contributed by atoms with E-state index >= 15 is 0 Å². The van der Waals surface area contributed by atoms with E-state index in [2.05, 4.69) is 9.88 Å². The van der Waals surface area contributed by atoms with Crippen LogP contribution < -0.4 is 9.64 Å². The van der Waals surface area contributed by atoms with Crippen LogP contribution in [0.2, 0.25) is 0 Å². The van der Waals surface area contributed by atoms with Crippen molar-refractivity contribution in [1.29, 1.82) is 0 Å². The van der Waals surface area contributed by atoms with Crippen LogP contribution in [0, 0.1) is 13.8 Å². The molecule has 0 atom stereocenters. The Kier molecular flexibility index (Phi) is 4.81. The number of rotatable bonds is 4. The van der Waals surface area contributed by atoms with Crippen LogP contribution in [0.25, 0.3) is 0 Å². The molecule has 6 heteroatoms. The Hall–Kier alpha value is -2.08. The van der Waals surface area contributed by atoms with Gasteiger partial charge in [-0.1, -0.05) is 12.1 Å². The molecular weight excluding hydrogens is 310 g/mol. The molecule has 0 N–H and O–H groups in total. The van der Waals surface area contributed by atoms with E-state index in [4.69, 9.17) is 4.74 Å². The van der Waals surface area contributed by atoms with Gasteiger partial charge in [0.1, 0.15) is 5.75 Å². The predicted octanol–water partition coefficient (Wildman–Crippen LogP) is 2.49. The van der Waals surface area contributed by atoms with Gasteiger partial charge in [-0.2, -0.15) is 0 Å². The number of ether oxygens (including phenoxy) is 1. The van der Waals surface area contributed by atoms with Gasteiger partial charge in [0.2, 0.25) is 0 Å². The number of benzene rings is 1. The number of carbonyl (C=O) groups is 1. The van der Waals surface area contributed by atoms with Gasteiger partial charge in [0.05, 0.1) is 0 Å². The summed E-state index contributed by atoms with van der Waals surface area (Å²) in [6.07, 6.45) is 1.82. The van der Waals surface area contributed by atoms with Gasteiger partial charge in [-0.15, -0.1) is 11.3 Å². The molecular formula is C17H21N3O2S. The second kappa shape index (κ2) is 7.00. The molecule has 1 amide bonds. The monoisotopic (exact) mass is 331 g/mol. The fraction of sp³-hybridized carbons (Fsp3) is 0.412. The quantitative estimate of drug-likeness (QED) is 0.863. The topological polar surface area (TPSA) is 45.7 Å². The van der Waals surface area contributed by atoms with Crippen LogP contribution in [-0.4, -0.2) is 48.6 Å². The van der Waals surface area contributed by atoms with E-state index in [0.29, 0.717) is 13.1 Å². The summed E-state index contributed by atoms with van der Waals surface area (Å²) in [5, 5.41) is 3.01. The van der Waals surface area contributed by atoms with E-state index in [-0.39, 0.29) is 12.5 Å². The summed E-state index contributed by atoms with van der Waals surface area (Å²) in [6, 6.07) is 5.91. The van der Waals surface area contributed by atoms with E-state index in [1.807, 2.05) is 48.5 Å². The van der Waals surface area contributed by atoms with Crippen molar-refractivity contribution in [3.8, 4) is 5.75 Å². The molecule has 2 aromatic rings. The van der Waals surface area contributed by atoms with Crippen molar-refractivity contribution in [2.75, 3.05) is 37.7 Å². The lowest BCUT2D eigenvalue weighted by Gasteiger charge is -2.34. The van der Waals surface area contributed by atoms with Crippen LogP contribution in [-0.2, 0) is 4.79 Å². The van der Waals surface area contributed by atoms with Crippen molar-refractivity contribution in [1.82, 2.24) is 9.88 Å². The van der Waals surface area contributed by atoms with Gasteiger partial charge >= 0.3 is 0 Å². The molecule has 3 rings (SSSR count). The average molecular weight is 331 g/mol. The number of hydrogen-bond acceptors (Lipinski definition) is 5. The summed E-state index contributed by atoms with van der Waals surface area (Å²) < 4.78 is 5.72. The molecule has 0 bridgehead atoms. The summed E-state index contributed by atoms with van der Waals surface area (Å²) >= 11 is 1.64. The Balaban J connectivity index is 1.51. The highest BCUT2D eigenvalue weighted by Crippen LogP contribution is 2.21. The van der Waals surface area contributed by atoms with Gasteiger partial charge in [-0.05, 0) is 31.0 Å². The first-order valence-corrected chi connectivity index (χ1v) is 8.64. The van der Waals surface area contributed by atoms with Gasteiger partial charge in [0, 0.05) is 37.8 Å². The smallest absolute Gasteiger partial charge is 0.260 e. The molecule has 23 heavy (non-hydrogen) atoms. The van der Waals surface area contributed by atoms with Crippen molar-refractivity contribution in [2.24, 2.45) is 0 Å². The Labute approximate surface area is 140 Å². The van der Waals surface area contributed by atoms with Crippen LogP contribution in [0.1, 0.15) is 11.1 Å². The number of hydrogen-bond donors (Lipinski definition) is 0. The molecule has 0 spiro atoms. The maximum absolute atomic E-state index is 12.3. The summed E-state index contributed by atoms with van der Waals surface area (Å²) in [6.45, 7) is 7.24. The molecule has 1 aliphatic heterocycles. The van der Waals surface area contributed by atoms with Gasteiger partial charge in [-0.25, -0.2) is 4.98 Å². The summed E-state index contributed by atoms with van der Waals surface area (Å²) in [4.78, 5) is 20.7. The number of aromatic nitrogens is 1. The van der Waals surface area contributed by atoms with E-state index in [1.165, 1.54) is 5.56 Å². The third-order valence-electron chi connectivity index (χ3n) is 4.23. The Morgan fingerprint density at radius 2 is 2.04 bits per heavy atom. The van der Waals surface area contributed by atoms with E-state index in [9.17, 15) is 4.79 Å². The van der Waals surface area contributed by atoms with Gasteiger partial charge in [0.15, 0.2) is 11.7 Å². The number of anilines is 1. The third kappa shape index (κ3) is 3.64. The average Bonchev–Trinajstić information content (AvgIpc) is 3.10. The van der Waals surface area contributed by atoms with Crippen molar-refractivity contribution >= 4 is 22.4 Å². The number of carbonyl (C=O) groups excluding carboxylic acids is 1. The van der Waals surface area contributed by atoms with Crippen LogP contribution >= 0.6 is 11.3 Å². The maximum Gasteiger partial charge on any atom is 0.260 e. The van der Waals surface area contributed by atoms with Crippen molar-refractivity contribution in [2.45, 2.75) is 13.8 Å². The molecule has 1 saturated heterocycles. The predicted molar refractivity (Wildman–Crippen MR) is 92.3 cm³/mol. The van der Waals surface area contributed by atoms with Gasteiger partial charge in [-0.3, -0.25) is 4.79 Å². The Bertz CT molecular complexity index is 664. The molecule has 0 aliphatic carbocycles. The highest BCUT2D eigenvalue weighted by molar-refractivity contribution is 7.13. The standard InChI is InChI=1S/C17H21N3O2S/c1-13-4-3-5-15(14(13)2)22-12-16(21)19-7-9-20(10-8-19)17-18-6-11-23-17/h3-6,11H,7-10,12H2,1-2H3. The van der Waals surface area contributed by atoms with Crippen molar-refractivity contribution < 1.29 is 9.53 Å². The van der Waals surface area contributed by atoms with Crippen LogP contribution in [0.4, 0.5) is 5.13 Å². The third-order valence-corrected chi connectivity index (χ3v) is 5.06. The number of piperazine rings is 1. The molecule has 2 heterocycles. The highest BCUT2D eigenvalue weighted by Gasteiger charge is 2.22. The first-order valence-electron chi connectivity index (χ1n) is 7.76. The fourth-order valence-electron chi connectivity index (χ4n) is 2.63. The summed E-state index contributed by atoms with van der Waals surface area (Å²) in [5.41, 5.74) is 2.26. The zero-order chi connectivity index (χ0) is 16.2. The molecule has 0 saturated carbocycles. The minimum atomic E-state index is 0.0460. The molecule has 122 valence electrons. The molecule has 1 aromatic carbocycles. The lowest BCUT2D eigenvalue weighted by molar-refractivity contribution is -0.133. The van der Waals surface area contributed by atoms with E-state index < -0.39 is 0 Å². The lowest BCUT2D eigenvalue weighted by Crippen LogP contribution is -2.50. The van der Waals surface area contributed by atoms with Gasteiger partial charge < -0.3 is 14.5 Å². The van der Waals surface area contributed by atoms with Crippen LogP contribution in [0.15, 0.2) is 29.8 Å². The molecule has 0 radical (unpaired) electrons. The number of amides is 1. The summed E-state index contributed by atoms with van der Waals surface area (Å²) in [7, 11) is 0. The van der Waals surface area contributed by atoms with Crippen molar-refractivity contribution in [3.63, 3.8) is 0 Å². The maximum atomic E-state index is 12.3. The normalized spacial score (nSPS) is 14.9. The zero-order valence-electron chi connectivity index (χ0n) is 13.5. The SMILES string of the molecule is Cc1cccc(OCC(=O)N2CCN(c3nccs3)CC2)c1C. The van der Waals surface area contributed by atoms with E-state index in [1.54, 1.807) is 11.3 Å². The molecule has 1 aliphatic rings. The largest absolute Gasteiger partial charge is 0.483 e. The number of nitrogens with zero attached hydrogens (tertiary/aromatic N) is 3.